The second-order valence-corrected chi connectivity index (χ2v) is 11.1. The molecule has 1 unspecified atom stereocenters. The van der Waals surface area contributed by atoms with Crippen LogP contribution in [0.2, 0.25) is 0 Å². The van der Waals surface area contributed by atoms with Crippen LogP contribution >= 0.6 is 0 Å². The molecule has 0 radical (unpaired) electrons. The van der Waals surface area contributed by atoms with E-state index in [1.165, 1.54) is 17.2 Å². The van der Waals surface area contributed by atoms with E-state index in [0.29, 0.717) is 24.0 Å². The number of unbranched alkanes of at least 4 members (excludes halogenated alkanes) is 1. The average Bonchev–Trinajstić information content (AvgIpc) is 3.67. The van der Waals surface area contributed by atoms with Crippen molar-refractivity contribution in [1.82, 2.24) is 35.5 Å². The number of aliphatic hydroxyl groups excluding tert-OH is 2. The lowest BCUT2D eigenvalue weighted by Gasteiger charge is -2.24. The van der Waals surface area contributed by atoms with Crippen LogP contribution in [-0.2, 0) is 32.2 Å². The molecule has 1 fully saturated rings. The minimum absolute atomic E-state index is 0.00754. The van der Waals surface area contributed by atoms with Gasteiger partial charge in [0.1, 0.15) is 43.3 Å². The van der Waals surface area contributed by atoms with Crippen LogP contribution in [0.5, 0.6) is 0 Å². The number of alkyl carbamates (subject to hydrolysis) is 2. The van der Waals surface area contributed by atoms with Gasteiger partial charge < -0.3 is 46.1 Å². The standard InChI is InChI=1S/C32H38N8O8/c33-27-25-28(36-18-35-27)40(19-37-25)30-26(42)24(23(15-41)48-30)39-29(43)22(38-32(45)47-17-21-11-5-2-6-12-21)13-7-8-14-34-31(44)46-16-20-9-3-1-4-10-20/h1-6,9-12,18-19,22-24,26,30,41-42H,7-8,13-17H2,(H,34,44)(H,38,45)(H,39,43)(H2,33,35,36)/t22?,23-,24-,26-,30-/m0/s1. The Morgan fingerprint density at radius 3 is 2.27 bits per heavy atom. The topological polar surface area (TPSA) is 225 Å². The minimum atomic E-state index is -1.34. The van der Waals surface area contributed by atoms with Gasteiger partial charge in [-0.2, -0.15) is 0 Å². The van der Waals surface area contributed by atoms with Gasteiger partial charge in [0.25, 0.3) is 0 Å². The molecule has 16 nitrogen and oxygen atoms in total. The molecule has 7 N–H and O–H groups in total. The van der Waals surface area contributed by atoms with Gasteiger partial charge in [-0.1, -0.05) is 60.7 Å². The van der Waals surface area contributed by atoms with Crippen molar-refractivity contribution in [1.29, 1.82) is 0 Å². The van der Waals surface area contributed by atoms with Crippen molar-refractivity contribution in [3.63, 3.8) is 0 Å². The number of hydrogen-bond donors (Lipinski definition) is 6. The maximum atomic E-state index is 13.6. The number of aliphatic hydroxyl groups is 2. The number of nitrogens with one attached hydrogen (secondary N) is 3. The molecule has 0 spiro atoms. The zero-order valence-corrected chi connectivity index (χ0v) is 26.0. The van der Waals surface area contributed by atoms with E-state index < -0.39 is 55.2 Å². The second kappa shape index (κ2) is 16.5. The summed E-state index contributed by atoms with van der Waals surface area (Å²) >= 11 is 0. The molecule has 254 valence electrons. The van der Waals surface area contributed by atoms with Crippen LogP contribution in [0.1, 0.15) is 36.6 Å². The number of rotatable bonds is 14. The third-order valence-corrected chi connectivity index (χ3v) is 7.75. The van der Waals surface area contributed by atoms with Crippen molar-refractivity contribution < 1.29 is 38.8 Å². The molecule has 16 heteroatoms. The summed E-state index contributed by atoms with van der Waals surface area (Å²) in [6, 6.07) is 16.2. The summed E-state index contributed by atoms with van der Waals surface area (Å²) in [6.45, 7) is -0.121. The zero-order chi connectivity index (χ0) is 33.9. The third-order valence-electron chi connectivity index (χ3n) is 7.75. The fourth-order valence-corrected chi connectivity index (χ4v) is 5.24. The van der Waals surface area contributed by atoms with E-state index in [0.717, 1.165) is 11.1 Å². The first-order valence-electron chi connectivity index (χ1n) is 15.4. The summed E-state index contributed by atoms with van der Waals surface area (Å²) in [6.07, 6.45) is -1.10. The number of hydrogen-bond acceptors (Lipinski definition) is 12. The van der Waals surface area contributed by atoms with Gasteiger partial charge in [-0.05, 0) is 30.4 Å². The van der Waals surface area contributed by atoms with Crippen molar-refractivity contribution in [3.05, 3.63) is 84.4 Å². The fraction of sp³-hybridized carbons (Fsp3) is 0.375. The van der Waals surface area contributed by atoms with E-state index in [1.54, 1.807) is 12.1 Å². The quantitative estimate of drug-likeness (QED) is 0.106. The number of carbonyl (C=O) groups is 3. The van der Waals surface area contributed by atoms with Crippen LogP contribution in [-0.4, -0.2) is 85.3 Å². The Hall–Kier alpha value is -5.32. The van der Waals surface area contributed by atoms with Gasteiger partial charge >= 0.3 is 12.2 Å². The van der Waals surface area contributed by atoms with Crippen LogP contribution in [0.3, 0.4) is 0 Å². The molecule has 5 rings (SSSR count). The van der Waals surface area contributed by atoms with Gasteiger partial charge in [0.2, 0.25) is 5.91 Å². The van der Waals surface area contributed by atoms with E-state index in [1.807, 2.05) is 48.5 Å². The van der Waals surface area contributed by atoms with Gasteiger partial charge in [0.15, 0.2) is 17.7 Å². The molecule has 4 aromatic rings. The Bertz CT molecular complexity index is 1660. The lowest BCUT2D eigenvalue weighted by Crippen LogP contribution is -2.55. The van der Waals surface area contributed by atoms with E-state index in [9.17, 15) is 24.6 Å². The van der Waals surface area contributed by atoms with Gasteiger partial charge in [-0.25, -0.2) is 24.5 Å². The number of amides is 3. The monoisotopic (exact) mass is 662 g/mol. The molecule has 1 saturated heterocycles. The smallest absolute Gasteiger partial charge is 0.408 e. The van der Waals surface area contributed by atoms with E-state index in [-0.39, 0.29) is 32.0 Å². The zero-order valence-electron chi connectivity index (χ0n) is 26.0. The largest absolute Gasteiger partial charge is 0.445 e. The van der Waals surface area contributed by atoms with Gasteiger partial charge in [0.05, 0.1) is 19.0 Å². The number of ether oxygens (including phenoxy) is 3. The van der Waals surface area contributed by atoms with Gasteiger partial charge in [0, 0.05) is 6.54 Å². The van der Waals surface area contributed by atoms with Crippen LogP contribution in [0.15, 0.2) is 73.3 Å². The van der Waals surface area contributed by atoms with E-state index >= 15 is 0 Å². The molecule has 0 aliphatic carbocycles. The maximum Gasteiger partial charge on any atom is 0.408 e. The molecule has 1 aliphatic heterocycles. The van der Waals surface area contributed by atoms with Crippen LogP contribution in [0.4, 0.5) is 15.4 Å². The Kier molecular flexibility index (Phi) is 11.7. The molecule has 0 saturated carbocycles. The summed E-state index contributed by atoms with van der Waals surface area (Å²) < 4.78 is 17.9. The minimum Gasteiger partial charge on any atom is -0.445 e. The van der Waals surface area contributed by atoms with Crippen molar-refractivity contribution in [2.45, 2.75) is 63.0 Å². The molecular weight excluding hydrogens is 624 g/mol. The highest BCUT2D eigenvalue weighted by Gasteiger charge is 2.46. The lowest BCUT2D eigenvalue weighted by atomic mass is 10.0. The van der Waals surface area contributed by atoms with Gasteiger partial charge in [-0.15, -0.1) is 0 Å². The summed E-state index contributed by atoms with van der Waals surface area (Å²) in [5.41, 5.74) is 8.11. The highest BCUT2D eigenvalue weighted by atomic mass is 16.6. The summed E-state index contributed by atoms with van der Waals surface area (Å²) in [5, 5.41) is 29.3. The molecule has 48 heavy (non-hydrogen) atoms. The summed E-state index contributed by atoms with van der Waals surface area (Å²) in [7, 11) is 0. The Balaban J connectivity index is 1.18. The number of fused-ring (bicyclic) bond motifs is 1. The van der Waals surface area contributed by atoms with Crippen molar-refractivity contribution in [2.75, 3.05) is 18.9 Å². The van der Waals surface area contributed by atoms with Crippen LogP contribution < -0.4 is 21.7 Å². The molecule has 3 heterocycles. The van der Waals surface area contributed by atoms with Crippen LogP contribution in [0, 0.1) is 0 Å². The lowest BCUT2D eigenvalue weighted by molar-refractivity contribution is -0.125. The van der Waals surface area contributed by atoms with Crippen molar-refractivity contribution in [3.8, 4) is 0 Å². The number of benzene rings is 2. The number of carbonyl (C=O) groups excluding carboxylic acids is 3. The molecule has 0 bridgehead atoms. The highest BCUT2D eigenvalue weighted by molar-refractivity contribution is 5.86. The fourth-order valence-electron chi connectivity index (χ4n) is 5.24. The summed E-state index contributed by atoms with van der Waals surface area (Å²) in [4.78, 5) is 50.7. The predicted octanol–water partition coefficient (Wildman–Crippen LogP) is 1.54. The van der Waals surface area contributed by atoms with Crippen LogP contribution in [0.25, 0.3) is 11.2 Å². The normalized spacial score (nSPS) is 19.4. The molecule has 3 amide bonds. The summed E-state index contributed by atoms with van der Waals surface area (Å²) in [5.74, 6) is -0.488. The van der Waals surface area contributed by atoms with E-state index in [2.05, 4.69) is 30.9 Å². The number of nitrogen functional groups attached to an aromatic ring is 1. The van der Waals surface area contributed by atoms with E-state index in [4.69, 9.17) is 19.9 Å². The Morgan fingerprint density at radius 1 is 0.938 bits per heavy atom. The molecule has 2 aromatic carbocycles. The number of aromatic nitrogens is 4. The predicted molar refractivity (Wildman–Crippen MR) is 171 cm³/mol. The molecule has 5 atom stereocenters. The number of nitrogens with zero attached hydrogens (tertiary/aromatic N) is 4. The molecule has 2 aromatic heterocycles. The third kappa shape index (κ3) is 8.72. The first-order valence-corrected chi connectivity index (χ1v) is 15.4. The van der Waals surface area contributed by atoms with Gasteiger partial charge in [-0.3, -0.25) is 9.36 Å². The average molecular weight is 663 g/mol. The first kappa shape index (κ1) is 34.0. The number of anilines is 1. The number of nitrogens with two attached hydrogens (primary N) is 1. The Labute approximate surface area is 275 Å². The number of imidazole rings is 1. The van der Waals surface area contributed by atoms with Crippen molar-refractivity contribution >= 4 is 35.1 Å². The first-order chi connectivity index (χ1) is 23.3. The second-order valence-electron chi connectivity index (χ2n) is 11.1. The SMILES string of the molecule is Nc1ncnc2c1ncn2[C@H]1O[C@@H](CO)[C@H](NC(=O)C(CCCCNC(=O)OCc2ccccc2)NC(=O)OCc2ccccc2)[C@@H]1O. The molecular formula is C32H38N8O8. The van der Waals surface area contributed by atoms with Crippen molar-refractivity contribution in [2.24, 2.45) is 0 Å². The maximum absolute atomic E-state index is 13.6. The highest BCUT2D eigenvalue weighted by Crippen LogP contribution is 2.32. The Morgan fingerprint density at radius 2 is 1.60 bits per heavy atom. The molecule has 1 aliphatic rings.